The highest BCUT2D eigenvalue weighted by Crippen LogP contribution is 2.25. The van der Waals surface area contributed by atoms with Gasteiger partial charge in [-0.1, -0.05) is 18.2 Å². The maximum Gasteiger partial charge on any atom is 0.266 e. The Hall–Kier alpha value is -3.92. The van der Waals surface area contributed by atoms with E-state index in [-0.39, 0.29) is 22.4 Å². The summed E-state index contributed by atoms with van der Waals surface area (Å²) in [4.78, 5) is 36.0. The van der Waals surface area contributed by atoms with Crippen LogP contribution in [0.1, 0.15) is 26.3 Å². The van der Waals surface area contributed by atoms with Gasteiger partial charge in [-0.3, -0.25) is 19.7 Å². The molecule has 0 bridgehead atoms. The average Bonchev–Trinajstić information content (AvgIpc) is 2.95. The molecule has 7 heteroatoms. The van der Waals surface area contributed by atoms with Gasteiger partial charge in [0, 0.05) is 0 Å². The molecule has 1 aliphatic rings. The molecule has 26 heavy (non-hydrogen) atoms. The number of hydrogen-bond acceptors (Lipinski definition) is 5. The Bertz CT molecular complexity index is 985. The monoisotopic (exact) mass is 347 g/mol. The molecule has 0 aliphatic carbocycles. The van der Waals surface area contributed by atoms with E-state index in [0.717, 1.165) is 0 Å². The minimum Gasteiger partial charge on any atom is -0.497 e. The molecule has 0 atom stereocenters. The van der Waals surface area contributed by atoms with Gasteiger partial charge in [0.05, 0.1) is 23.9 Å². The van der Waals surface area contributed by atoms with Gasteiger partial charge in [0.1, 0.15) is 17.4 Å². The Morgan fingerprint density at radius 2 is 1.88 bits per heavy atom. The molecule has 0 fully saturated rings. The summed E-state index contributed by atoms with van der Waals surface area (Å²) in [7, 11) is 1.54. The van der Waals surface area contributed by atoms with E-state index >= 15 is 0 Å². The number of nitriles is 1. The van der Waals surface area contributed by atoms with Crippen LogP contribution in [0.4, 0.5) is 5.69 Å². The number of amides is 3. The molecular formula is C19H13N3O4. The lowest BCUT2D eigenvalue weighted by Crippen LogP contribution is -2.21. The van der Waals surface area contributed by atoms with Crippen LogP contribution in [0.5, 0.6) is 5.75 Å². The van der Waals surface area contributed by atoms with E-state index < -0.39 is 17.7 Å². The summed E-state index contributed by atoms with van der Waals surface area (Å²) in [5.41, 5.74) is 0.950. The van der Waals surface area contributed by atoms with Crippen molar-refractivity contribution in [3.8, 4) is 11.8 Å². The zero-order chi connectivity index (χ0) is 18.7. The van der Waals surface area contributed by atoms with Crippen molar-refractivity contribution in [2.45, 2.75) is 0 Å². The van der Waals surface area contributed by atoms with Crippen LogP contribution >= 0.6 is 0 Å². The van der Waals surface area contributed by atoms with E-state index in [1.165, 1.54) is 25.3 Å². The summed E-state index contributed by atoms with van der Waals surface area (Å²) < 4.78 is 5.06. The zero-order valence-electron chi connectivity index (χ0n) is 13.7. The fraction of sp³-hybridized carbons (Fsp3) is 0.0526. The van der Waals surface area contributed by atoms with Crippen LogP contribution in [0, 0.1) is 11.3 Å². The number of hydrogen-bond donors (Lipinski definition) is 2. The first-order valence-corrected chi connectivity index (χ1v) is 7.59. The fourth-order valence-electron chi connectivity index (χ4n) is 2.53. The maximum atomic E-state index is 12.4. The molecule has 1 heterocycles. The van der Waals surface area contributed by atoms with Crippen molar-refractivity contribution in [2.75, 3.05) is 12.4 Å². The van der Waals surface area contributed by atoms with Gasteiger partial charge in [0.2, 0.25) is 0 Å². The molecule has 3 amide bonds. The SMILES string of the molecule is COc1ccc(/C=C(\C#N)C(=O)Nc2cccc3c2C(=O)NC3=O)cc1. The third-order valence-corrected chi connectivity index (χ3v) is 3.80. The highest BCUT2D eigenvalue weighted by Gasteiger charge is 2.30. The summed E-state index contributed by atoms with van der Waals surface area (Å²) in [5, 5.41) is 14.0. The highest BCUT2D eigenvalue weighted by atomic mass is 16.5. The molecule has 2 N–H and O–H groups in total. The summed E-state index contributed by atoms with van der Waals surface area (Å²) in [5.74, 6) is -1.13. The summed E-state index contributed by atoms with van der Waals surface area (Å²) >= 11 is 0. The topological polar surface area (TPSA) is 108 Å². The number of methoxy groups -OCH3 is 1. The quantitative estimate of drug-likeness (QED) is 0.500. The molecule has 2 aromatic rings. The third kappa shape index (κ3) is 3.16. The van der Waals surface area contributed by atoms with Crippen molar-refractivity contribution in [3.63, 3.8) is 0 Å². The Morgan fingerprint density at radius 1 is 1.15 bits per heavy atom. The van der Waals surface area contributed by atoms with Crippen LogP contribution in [-0.4, -0.2) is 24.8 Å². The number of ether oxygens (including phenoxy) is 1. The van der Waals surface area contributed by atoms with Crippen molar-refractivity contribution < 1.29 is 19.1 Å². The van der Waals surface area contributed by atoms with Crippen LogP contribution in [0.3, 0.4) is 0 Å². The number of rotatable bonds is 4. The van der Waals surface area contributed by atoms with E-state index in [4.69, 9.17) is 4.74 Å². The van der Waals surface area contributed by atoms with Gasteiger partial charge in [-0.15, -0.1) is 0 Å². The number of imide groups is 1. The summed E-state index contributed by atoms with van der Waals surface area (Å²) in [6, 6.07) is 13.2. The molecule has 0 saturated heterocycles. The largest absolute Gasteiger partial charge is 0.497 e. The highest BCUT2D eigenvalue weighted by molar-refractivity contribution is 6.25. The normalized spacial score (nSPS) is 12.8. The van der Waals surface area contributed by atoms with E-state index in [1.54, 1.807) is 30.3 Å². The maximum absolute atomic E-state index is 12.4. The number of nitrogens with zero attached hydrogens (tertiary/aromatic N) is 1. The molecule has 0 unspecified atom stereocenters. The van der Waals surface area contributed by atoms with Crippen LogP contribution in [0.2, 0.25) is 0 Å². The fourth-order valence-corrected chi connectivity index (χ4v) is 2.53. The van der Waals surface area contributed by atoms with Crippen LogP contribution in [-0.2, 0) is 4.79 Å². The van der Waals surface area contributed by atoms with E-state index in [2.05, 4.69) is 10.6 Å². The number of carbonyl (C=O) groups excluding carboxylic acids is 3. The minimum atomic E-state index is -0.677. The molecule has 128 valence electrons. The zero-order valence-corrected chi connectivity index (χ0v) is 13.7. The van der Waals surface area contributed by atoms with Gasteiger partial charge in [0.15, 0.2) is 0 Å². The second-order valence-electron chi connectivity index (χ2n) is 5.41. The Kier molecular flexibility index (Phi) is 4.50. The van der Waals surface area contributed by atoms with Crippen molar-refractivity contribution in [3.05, 3.63) is 64.7 Å². The lowest BCUT2D eigenvalue weighted by atomic mass is 10.1. The number of carbonyl (C=O) groups is 3. The lowest BCUT2D eigenvalue weighted by molar-refractivity contribution is -0.112. The second kappa shape index (κ2) is 6.91. The molecule has 0 saturated carbocycles. The Labute approximate surface area is 148 Å². The van der Waals surface area contributed by atoms with Gasteiger partial charge in [-0.2, -0.15) is 5.26 Å². The smallest absolute Gasteiger partial charge is 0.266 e. The van der Waals surface area contributed by atoms with Gasteiger partial charge < -0.3 is 10.1 Å². The predicted octanol–water partition coefficient (Wildman–Crippen LogP) is 2.12. The molecule has 0 radical (unpaired) electrons. The first kappa shape index (κ1) is 16.9. The number of fused-ring (bicyclic) bond motifs is 1. The van der Waals surface area contributed by atoms with Gasteiger partial charge in [0.25, 0.3) is 17.7 Å². The van der Waals surface area contributed by atoms with E-state index in [0.29, 0.717) is 11.3 Å². The number of benzene rings is 2. The third-order valence-electron chi connectivity index (χ3n) is 3.80. The molecule has 2 aromatic carbocycles. The minimum absolute atomic E-state index is 0.0904. The Balaban J connectivity index is 1.87. The van der Waals surface area contributed by atoms with Crippen LogP contribution < -0.4 is 15.4 Å². The molecular weight excluding hydrogens is 334 g/mol. The number of anilines is 1. The van der Waals surface area contributed by atoms with Crippen molar-refractivity contribution in [1.29, 1.82) is 5.26 Å². The van der Waals surface area contributed by atoms with E-state index in [9.17, 15) is 19.6 Å². The first-order chi connectivity index (χ1) is 12.5. The van der Waals surface area contributed by atoms with E-state index in [1.807, 2.05) is 6.07 Å². The Morgan fingerprint density at radius 3 is 2.54 bits per heavy atom. The summed E-state index contributed by atoms with van der Waals surface area (Å²) in [6.45, 7) is 0. The van der Waals surface area contributed by atoms with Crippen LogP contribution in [0.15, 0.2) is 48.0 Å². The molecule has 1 aliphatic heterocycles. The molecule has 0 aromatic heterocycles. The van der Waals surface area contributed by atoms with Crippen molar-refractivity contribution in [1.82, 2.24) is 5.32 Å². The van der Waals surface area contributed by atoms with Crippen LogP contribution in [0.25, 0.3) is 6.08 Å². The average molecular weight is 347 g/mol. The molecule has 0 spiro atoms. The molecule has 7 nitrogen and oxygen atoms in total. The van der Waals surface area contributed by atoms with Crippen molar-refractivity contribution in [2.24, 2.45) is 0 Å². The number of nitrogens with one attached hydrogen (secondary N) is 2. The van der Waals surface area contributed by atoms with Gasteiger partial charge >= 0.3 is 0 Å². The first-order valence-electron chi connectivity index (χ1n) is 7.59. The summed E-state index contributed by atoms with van der Waals surface area (Å²) in [6.07, 6.45) is 1.42. The van der Waals surface area contributed by atoms with Gasteiger partial charge in [-0.05, 0) is 35.9 Å². The predicted molar refractivity (Wildman–Crippen MR) is 93.5 cm³/mol. The standard InChI is InChI=1S/C19H13N3O4/c1-26-13-7-5-11(6-8-13)9-12(10-20)17(23)21-15-4-2-3-14-16(15)19(25)22-18(14)24/h2-9H,1H3,(H,21,23)(H,22,24,25)/b12-9+. The molecule has 3 rings (SSSR count). The lowest BCUT2D eigenvalue weighted by Gasteiger charge is -2.07. The van der Waals surface area contributed by atoms with Gasteiger partial charge in [-0.25, -0.2) is 0 Å². The van der Waals surface area contributed by atoms with Crippen molar-refractivity contribution >= 4 is 29.5 Å². The second-order valence-corrected chi connectivity index (χ2v) is 5.41.